The second-order valence-corrected chi connectivity index (χ2v) is 13.0. The predicted molar refractivity (Wildman–Crippen MR) is 167 cm³/mol. The molecule has 0 amide bonds. The summed E-state index contributed by atoms with van der Waals surface area (Å²) >= 11 is 0. The number of carbonyl (C=O) groups is 1. The first-order chi connectivity index (χ1) is 20.3. The van der Waals surface area contributed by atoms with Gasteiger partial charge in [-0.1, -0.05) is 39.0 Å². The Hall–Kier alpha value is -3.30. The van der Waals surface area contributed by atoms with Crippen LogP contribution in [0.4, 0.5) is 10.1 Å². The van der Waals surface area contributed by atoms with Crippen LogP contribution < -0.4 is 4.90 Å². The molecular weight excluding hydrogens is 549 g/mol. The molecule has 43 heavy (non-hydrogen) atoms. The summed E-state index contributed by atoms with van der Waals surface area (Å²) in [6.07, 6.45) is 5.69. The number of halogens is 1. The van der Waals surface area contributed by atoms with E-state index in [2.05, 4.69) is 29.8 Å². The van der Waals surface area contributed by atoms with E-state index in [1.165, 1.54) is 19.2 Å². The minimum Gasteiger partial charge on any atom is -0.482 e. The monoisotopic (exact) mass is 595 g/mol. The number of hydrogen-bond acceptors (Lipinski definition) is 7. The number of carboxylic acids is 1. The Morgan fingerprint density at radius 3 is 2.47 bits per heavy atom. The molecule has 3 heterocycles. The zero-order valence-electron chi connectivity index (χ0n) is 26.6. The topological polar surface area (TPSA) is 93.5 Å². The van der Waals surface area contributed by atoms with Gasteiger partial charge in [-0.2, -0.15) is 0 Å². The van der Waals surface area contributed by atoms with Gasteiger partial charge in [-0.3, -0.25) is 4.98 Å². The fraction of sp³-hybridized carbons (Fsp3) is 0.559. The van der Waals surface area contributed by atoms with Crippen molar-refractivity contribution in [1.29, 1.82) is 0 Å². The quantitative estimate of drug-likeness (QED) is 0.313. The van der Waals surface area contributed by atoms with Crippen molar-refractivity contribution < 1.29 is 28.5 Å². The van der Waals surface area contributed by atoms with E-state index in [-0.39, 0.29) is 24.7 Å². The summed E-state index contributed by atoms with van der Waals surface area (Å²) < 4.78 is 32.0. The molecule has 2 atom stereocenters. The number of anilines is 1. The van der Waals surface area contributed by atoms with Crippen LogP contribution in [-0.4, -0.2) is 66.1 Å². The van der Waals surface area contributed by atoms with Gasteiger partial charge in [0.15, 0.2) is 11.7 Å². The van der Waals surface area contributed by atoms with Crippen molar-refractivity contribution in [2.45, 2.75) is 91.0 Å². The van der Waals surface area contributed by atoms with Crippen LogP contribution in [0.15, 0.2) is 47.6 Å². The molecule has 2 aliphatic rings. The van der Waals surface area contributed by atoms with Crippen molar-refractivity contribution in [2.75, 3.05) is 31.7 Å². The summed E-state index contributed by atoms with van der Waals surface area (Å²) in [6, 6.07) is 8.26. The van der Waals surface area contributed by atoms with Crippen LogP contribution in [0.5, 0.6) is 0 Å². The first-order valence-corrected chi connectivity index (χ1v) is 15.1. The standard InChI is InChI=1S/C34H46FN3O5/c1-8-33(5,6)43-29(30(39)40)34(42-20-14-24-9-11-25(35)12-10-24)15-13-27(37-31(34)41-7)26-22-36-23(2)21-28(26)38-18-16-32(3,4)17-19-38/h9-13,21-22,29H,8,14-20H2,1-7H3,(H,39,40). The number of carboxylic acid groups (broad SMARTS) is 1. The molecule has 0 aliphatic carbocycles. The van der Waals surface area contributed by atoms with Crippen LogP contribution in [0.25, 0.3) is 5.70 Å². The number of aliphatic imine (C=N–C) groups is 1. The van der Waals surface area contributed by atoms with Crippen molar-refractivity contribution in [1.82, 2.24) is 4.98 Å². The van der Waals surface area contributed by atoms with Gasteiger partial charge in [0, 0.05) is 42.7 Å². The number of piperidine rings is 1. The van der Waals surface area contributed by atoms with E-state index in [0.29, 0.717) is 24.0 Å². The van der Waals surface area contributed by atoms with Crippen molar-refractivity contribution in [3.63, 3.8) is 0 Å². The van der Waals surface area contributed by atoms with Crippen LogP contribution in [0.2, 0.25) is 0 Å². The Morgan fingerprint density at radius 2 is 1.86 bits per heavy atom. The number of benzene rings is 1. The first-order valence-electron chi connectivity index (χ1n) is 15.1. The second kappa shape index (κ2) is 13.1. The Bertz CT molecular complexity index is 1340. The molecule has 2 aliphatic heterocycles. The van der Waals surface area contributed by atoms with E-state index >= 15 is 0 Å². The molecule has 1 aromatic carbocycles. The largest absolute Gasteiger partial charge is 0.482 e. The van der Waals surface area contributed by atoms with Crippen LogP contribution in [-0.2, 0) is 25.4 Å². The minimum absolute atomic E-state index is 0.134. The Labute approximate surface area is 255 Å². The first kappa shape index (κ1) is 32.6. The lowest BCUT2D eigenvalue weighted by atomic mass is 9.82. The summed E-state index contributed by atoms with van der Waals surface area (Å²) in [4.78, 5) is 24.7. The molecular formula is C34H46FN3O5. The van der Waals surface area contributed by atoms with E-state index in [0.717, 1.165) is 48.4 Å². The lowest BCUT2D eigenvalue weighted by molar-refractivity contribution is -0.192. The zero-order chi connectivity index (χ0) is 31.4. The van der Waals surface area contributed by atoms with E-state index < -0.39 is 23.3 Å². The van der Waals surface area contributed by atoms with E-state index in [1.54, 1.807) is 12.1 Å². The Morgan fingerprint density at radius 1 is 1.19 bits per heavy atom. The molecule has 9 heteroatoms. The third-order valence-electron chi connectivity index (χ3n) is 8.73. The third-order valence-corrected chi connectivity index (χ3v) is 8.73. The molecule has 2 aromatic rings. The number of nitrogens with zero attached hydrogens (tertiary/aromatic N) is 3. The Balaban J connectivity index is 1.71. The maximum Gasteiger partial charge on any atom is 0.336 e. The molecule has 0 bridgehead atoms. The van der Waals surface area contributed by atoms with E-state index in [1.807, 2.05) is 40.0 Å². The number of ether oxygens (including phenoxy) is 3. The molecule has 1 fully saturated rings. The van der Waals surface area contributed by atoms with Gasteiger partial charge in [-0.05, 0) is 75.6 Å². The average molecular weight is 596 g/mol. The number of hydrogen-bond donors (Lipinski definition) is 1. The average Bonchev–Trinajstić information content (AvgIpc) is 2.97. The fourth-order valence-corrected chi connectivity index (χ4v) is 5.50. The van der Waals surface area contributed by atoms with Gasteiger partial charge in [0.05, 0.1) is 25.0 Å². The smallest absolute Gasteiger partial charge is 0.336 e. The minimum atomic E-state index is -1.52. The zero-order valence-corrected chi connectivity index (χ0v) is 26.6. The number of aliphatic carboxylic acids is 1. The molecule has 8 nitrogen and oxygen atoms in total. The number of rotatable bonds is 11. The molecule has 2 unspecified atom stereocenters. The molecule has 1 saturated heterocycles. The van der Waals surface area contributed by atoms with Crippen LogP contribution in [0, 0.1) is 18.2 Å². The molecule has 4 rings (SSSR count). The van der Waals surface area contributed by atoms with E-state index in [4.69, 9.17) is 19.2 Å². The van der Waals surface area contributed by atoms with Gasteiger partial charge in [-0.25, -0.2) is 14.2 Å². The SMILES string of the molecule is CCC(C)(C)OC(C(=O)O)C1(OCCc2ccc(F)cc2)CC=C(c2cnc(C)cc2N2CCC(C)(C)CC2)N=C1OC. The number of aryl methyl sites for hydroxylation is 1. The predicted octanol–water partition coefficient (Wildman–Crippen LogP) is 6.60. The lowest BCUT2D eigenvalue weighted by Crippen LogP contribution is -2.59. The summed E-state index contributed by atoms with van der Waals surface area (Å²) in [5, 5.41) is 10.5. The summed E-state index contributed by atoms with van der Waals surface area (Å²) in [5.41, 5.74) is 2.38. The highest BCUT2D eigenvalue weighted by Gasteiger charge is 2.53. The van der Waals surface area contributed by atoms with Gasteiger partial charge >= 0.3 is 5.97 Å². The highest BCUT2D eigenvalue weighted by molar-refractivity contribution is 5.98. The lowest BCUT2D eigenvalue weighted by Gasteiger charge is -2.42. The maximum atomic E-state index is 13.5. The highest BCUT2D eigenvalue weighted by atomic mass is 19.1. The second-order valence-electron chi connectivity index (χ2n) is 13.0. The molecule has 0 spiro atoms. The van der Waals surface area contributed by atoms with Crippen molar-refractivity contribution >= 4 is 23.3 Å². The van der Waals surface area contributed by atoms with E-state index in [9.17, 15) is 14.3 Å². The van der Waals surface area contributed by atoms with Gasteiger partial charge < -0.3 is 24.2 Å². The highest BCUT2D eigenvalue weighted by Crippen LogP contribution is 2.40. The third kappa shape index (κ3) is 7.62. The summed E-state index contributed by atoms with van der Waals surface area (Å²) in [5.74, 6) is -1.35. The van der Waals surface area contributed by atoms with Gasteiger partial charge in [0.1, 0.15) is 5.82 Å². The van der Waals surface area contributed by atoms with Gasteiger partial charge in [0.2, 0.25) is 5.90 Å². The molecule has 0 saturated carbocycles. The van der Waals surface area contributed by atoms with Crippen LogP contribution in [0.3, 0.4) is 0 Å². The molecule has 1 N–H and O–H groups in total. The normalized spacial score (nSPS) is 21.2. The number of methoxy groups -OCH3 is 1. The Kier molecular flexibility index (Phi) is 9.96. The number of pyridine rings is 1. The van der Waals surface area contributed by atoms with Crippen molar-refractivity contribution in [3.8, 4) is 0 Å². The van der Waals surface area contributed by atoms with Gasteiger partial charge in [0.25, 0.3) is 0 Å². The molecule has 1 aromatic heterocycles. The van der Waals surface area contributed by atoms with Gasteiger partial charge in [-0.15, -0.1) is 0 Å². The molecule has 234 valence electrons. The fourth-order valence-electron chi connectivity index (χ4n) is 5.50. The van der Waals surface area contributed by atoms with Crippen molar-refractivity contribution in [3.05, 3.63) is 65.2 Å². The maximum absolute atomic E-state index is 13.5. The number of aromatic nitrogens is 1. The van der Waals surface area contributed by atoms with Crippen molar-refractivity contribution in [2.24, 2.45) is 10.4 Å². The van der Waals surface area contributed by atoms with Crippen LogP contribution in [0.1, 0.15) is 77.1 Å². The summed E-state index contributed by atoms with van der Waals surface area (Å²) in [6.45, 7) is 14.2. The summed E-state index contributed by atoms with van der Waals surface area (Å²) in [7, 11) is 1.48. The molecule has 0 radical (unpaired) electrons. The van der Waals surface area contributed by atoms with Crippen LogP contribution >= 0.6 is 0 Å².